The summed E-state index contributed by atoms with van der Waals surface area (Å²) in [6, 6.07) is 3.71. The molecule has 0 bridgehead atoms. The third-order valence-corrected chi connectivity index (χ3v) is 4.56. The van der Waals surface area contributed by atoms with Gasteiger partial charge in [-0.3, -0.25) is 10.3 Å². The van der Waals surface area contributed by atoms with Gasteiger partial charge < -0.3 is 15.4 Å². The van der Waals surface area contributed by atoms with Gasteiger partial charge in [0, 0.05) is 24.5 Å². The second kappa shape index (κ2) is 11.8. The number of dihydropyridines is 1. The number of halogens is 4. The predicted octanol–water partition coefficient (Wildman–Crippen LogP) is 4.41. The number of ether oxygens (including phenoxy) is 1. The van der Waals surface area contributed by atoms with Crippen molar-refractivity contribution in [3.05, 3.63) is 58.2 Å². The van der Waals surface area contributed by atoms with Crippen LogP contribution >= 0.6 is 11.6 Å². The third-order valence-electron chi connectivity index (χ3n) is 4.28. The standard InChI is InChI=1S/C20H27ClF3N5O2/c1-4-5-17(27-13(2)14-6-8-25-18(11-14)28-29-30-3)15-10-16(21)19(26-12-15)31-9-7-20(22,23)24/h5-6,8,10-11,13,26-27,29H,4,7,9,12H2,1-3H3,(H,25,28)/b17-5+. The van der Waals surface area contributed by atoms with E-state index in [9.17, 15) is 13.2 Å². The van der Waals surface area contributed by atoms with Crippen molar-refractivity contribution in [2.45, 2.75) is 38.9 Å². The maximum absolute atomic E-state index is 12.3. The van der Waals surface area contributed by atoms with E-state index in [2.05, 4.69) is 26.6 Å². The van der Waals surface area contributed by atoms with Gasteiger partial charge in [0.1, 0.15) is 10.9 Å². The van der Waals surface area contributed by atoms with E-state index in [1.807, 2.05) is 32.1 Å². The normalized spacial score (nSPS) is 15.8. The number of pyridine rings is 1. The van der Waals surface area contributed by atoms with E-state index in [1.54, 1.807) is 12.3 Å². The highest BCUT2D eigenvalue weighted by atomic mass is 35.5. The molecule has 7 nitrogen and oxygen atoms in total. The first-order valence-corrected chi connectivity index (χ1v) is 10.1. The van der Waals surface area contributed by atoms with Gasteiger partial charge in [0.2, 0.25) is 5.88 Å². The Kier molecular flexibility index (Phi) is 9.47. The summed E-state index contributed by atoms with van der Waals surface area (Å²) in [6.45, 7) is 3.89. The SMILES string of the molecule is CC/C=C(/NC(C)c1ccnc(NNOC)c1)C1=CC(Cl)=C(OCCC(F)(F)F)NC1. The molecule has 0 spiro atoms. The van der Waals surface area contributed by atoms with Gasteiger partial charge in [-0.05, 0) is 42.7 Å². The van der Waals surface area contributed by atoms with Crippen LogP contribution in [0.4, 0.5) is 19.0 Å². The lowest BCUT2D eigenvalue weighted by Gasteiger charge is -2.25. The Bertz CT molecular complexity index is 827. The Hall–Kier alpha value is -2.43. The fourth-order valence-corrected chi connectivity index (χ4v) is 3.04. The zero-order valence-corrected chi connectivity index (χ0v) is 18.3. The van der Waals surface area contributed by atoms with E-state index in [0.29, 0.717) is 12.4 Å². The molecule has 1 aromatic heterocycles. The summed E-state index contributed by atoms with van der Waals surface area (Å²) >= 11 is 6.24. The molecule has 0 saturated heterocycles. The molecule has 0 aromatic carbocycles. The summed E-state index contributed by atoms with van der Waals surface area (Å²) in [5.41, 5.74) is 8.06. The average molecular weight is 462 g/mol. The minimum absolute atomic E-state index is 0.0583. The van der Waals surface area contributed by atoms with Gasteiger partial charge in [-0.1, -0.05) is 24.6 Å². The number of allylic oxidation sites excluding steroid dienone is 3. The molecule has 1 aliphatic heterocycles. The van der Waals surface area contributed by atoms with E-state index in [-0.39, 0.29) is 17.0 Å². The number of hydrogen-bond donors (Lipinski definition) is 4. The predicted molar refractivity (Wildman–Crippen MR) is 114 cm³/mol. The molecule has 2 rings (SSSR count). The lowest BCUT2D eigenvalue weighted by molar-refractivity contribution is -0.142. The smallest absolute Gasteiger partial charge is 0.392 e. The summed E-state index contributed by atoms with van der Waals surface area (Å²) < 4.78 is 42.1. The highest BCUT2D eigenvalue weighted by Gasteiger charge is 2.27. The van der Waals surface area contributed by atoms with Gasteiger partial charge in [-0.15, -0.1) is 5.59 Å². The fraction of sp³-hybridized carbons (Fsp3) is 0.450. The Morgan fingerprint density at radius 2 is 2.19 bits per heavy atom. The van der Waals surface area contributed by atoms with Crippen LogP contribution in [0, 0.1) is 0 Å². The van der Waals surface area contributed by atoms with Crippen molar-refractivity contribution < 1.29 is 22.7 Å². The van der Waals surface area contributed by atoms with Gasteiger partial charge in [-0.2, -0.15) is 13.2 Å². The molecule has 1 unspecified atom stereocenters. The molecule has 0 fully saturated rings. The molecule has 1 aliphatic rings. The molecule has 172 valence electrons. The number of nitrogens with zero attached hydrogens (tertiary/aromatic N) is 1. The zero-order chi connectivity index (χ0) is 22.9. The Balaban J connectivity index is 2.08. The fourth-order valence-electron chi connectivity index (χ4n) is 2.78. The van der Waals surface area contributed by atoms with Crippen LogP contribution in [-0.2, 0) is 9.57 Å². The number of rotatable bonds is 11. The molecule has 1 atom stereocenters. The van der Waals surface area contributed by atoms with Gasteiger partial charge >= 0.3 is 6.18 Å². The first kappa shape index (κ1) is 24.8. The van der Waals surface area contributed by atoms with Crippen molar-refractivity contribution in [1.29, 1.82) is 0 Å². The molecular weight excluding hydrogens is 435 g/mol. The Morgan fingerprint density at radius 3 is 2.84 bits per heavy atom. The molecule has 11 heteroatoms. The van der Waals surface area contributed by atoms with Crippen molar-refractivity contribution in [2.75, 3.05) is 25.7 Å². The zero-order valence-electron chi connectivity index (χ0n) is 17.6. The Labute approximate surface area is 184 Å². The van der Waals surface area contributed by atoms with Gasteiger partial charge in [0.25, 0.3) is 0 Å². The lowest BCUT2D eigenvalue weighted by atomic mass is 10.1. The molecule has 31 heavy (non-hydrogen) atoms. The van der Waals surface area contributed by atoms with E-state index >= 15 is 0 Å². The largest absolute Gasteiger partial charge is 0.478 e. The summed E-state index contributed by atoms with van der Waals surface area (Å²) in [5, 5.41) is 6.64. The number of hydrazine groups is 1. The minimum Gasteiger partial charge on any atom is -0.478 e. The molecule has 0 aliphatic carbocycles. The van der Waals surface area contributed by atoms with Crippen LogP contribution in [0.2, 0.25) is 0 Å². The van der Waals surface area contributed by atoms with Crippen molar-refractivity contribution in [3.63, 3.8) is 0 Å². The quantitative estimate of drug-likeness (QED) is 0.363. The maximum Gasteiger partial charge on any atom is 0.392 e. The molecule has 0 radical (unpaired) electrons. The number of alkyl halides is 3. The number of nitrogens with one attached hydrogen (secondary N) is 4. The number of aromatic nitrogens is 1. The van der Waals surface area contributed by atoms with Crippen molar-refractivity contribution >= 4 is 17.4 Å². The summed E-state index contributed by atoms with van der Waals surface area (Å²) in [7, 11) is 1.49. The first-order valence-electron chi connectivity index (χ1n) is 9.74. The molecule has 0 saturated carbocycles. The van der Waals surface area contributed by atoms with Crippen molar-refractivity contribution in [1.82, 2.24) is 21.2 Å². The topological polar surface area (TPSA) is 79.5 Å². The highest BCUT2D eigenvalue weighted by Crippen LogP contribution is 2.25. The van der Waals surface area contributed by atoms with Crippen LogP contribution in [0.3, 0.4) is 0 Å². The minimum atomic E-state index is -4.28. The van der Waals surface area contributed by atoms with E-state index in [0.717, 1.165) is 23.3 Å². The van der Waals surface area contributed by atoms with Crippen molar-refractivity contribution in [2.24, 2.45) is 0 Å². The number of hydrogen-bond acceptors (Lipinski definition) is 7. The summed E-state index contributed by atoms with van der Waals surface area (Å²) in [5.74, 6) is 0.744. The van der Waals surface area contributed by atoms with Gasteiger partial charge in [0.05, 0.1) is 20.1 Å². The molecule has 4 N–H and O–H groups in total. The van der Waals surface area contributed by atoms with Crippen LogP contribution in [0.25, 0.3) is 0 Å². The summed E-state index contributed by atoms with van der Waals surface area (Å²) in [4.78, 5) is 8.96. The second-order valence-electron chi connectivity index (χ2n) is 6.71. The number of anilines is 1. The second-order valence-corrected chi connectivity index (χ2v) is 7.12. The monoisotopic (exact) mass is 461 g/mol. The first-order chi connectivity index (χ1) is 14.7. The van der Waals surface area contributed by atoms with Crippen LogP contribution in [0.15, 0.2) is 52.7 Å². The lowest BCUT2D eigenvalue weighted by Crippen LogP contribution is -2.29. The molecular formula is C20H27ClF3N5O2. The van der Waals surface area contributed by atoms with Crippen LogP contribution in [-0.4, -0.2) is 31.4 Å². The van der Waals surface area contributed by atoms with Gasteiger partial charge in [0.15, 0.2) is 0 Å². The van der Waals surface area contributed by atoms with Crippen LogP contribution < -0.4 is 21.6 Å². The van der Waals surface area contributed by atoms with Crippen LogP contribution in [0.5, 0.6) is 0 Å². The van der Waals surface area contributed by atoms with Gasteiger partial charge in [-0.25, -0.2) is 4.98 Å². The summed E-state index contributed by atoms with van der Waals surface area (Å²) in [6.07, 6.45) is 0.871. The van der Waals surface area contributed by atoms with E-state index in [4.69, 9.17) is 21.2 Å². The Morgan fingerprint density at radius 1 is 1.42 bits per heavy atom. The average Bonchev–Trinajstić information content (AvgIpc) is 2.72. The van der Waals surface area contributed by atoms with Crippen molar-refractivity contribution in [3.8, 4) is 0 Å². The molecule has 1 aromatic rings. The molecule has 2 heterocycles. The third kappa shape index (κ3) is 8.31. The van der Waals surface area contributed by atoms with E-state index in [1.165, 1.54) is 7.11 Å². The molecule has 0 amide bonds. The highest BCUT2D eigenvalue weighted by molar-refractivity contribution is 6.31. The maximum atomic E-state index is 12.3. The van der Waals surface area contributed by atoms with Crippen LogP contribution in [0.1, 0.15) is 38.3 Å². The van der Waals surface area contributed by atoms with E-state index < -0.39 is 19.2 Å².